The molecule has 0 bridgehead atoms. The smallest absolute Gasteiger partial charge is 0.211 e. The fraction of sp³-hybridized carbons (Fsp3) is 0.222. The Morgan fingerprint density at radius 3 is 2.65 bits per heavy atom. The van der Waals surface area contributed by atoms with Crippen molar-refractivity contribution in [2.75, 3.05) is 12.3 Å². The molecule has 2 aromatic heterocycles. The molecule has 0 aliphatic carbocycles. The second kappa shape index (κ2) is 8.48. The molecule has 0 spiro atoms. The summed E-state index contributed by atoms with van der Waals surface area (Å²) >= 11 is 1.48. The van der Waals surface area contributed by atoms with E-state index in [0.717, 1.165) is 16.4 Å². The second-order valence-corrected chi connectivity index (χ2v) is 8.45. The predicted octanol–water partition coefficient (Wildman–Crippen LogP) is 3.05. The minimum absolute atomic E-state index is 0.141. The van der Waals surface area contributed by atoms with E-state index in [4.69, 9.17) is 0 Å². The Morgan fingerprint density at radius 1 is 1.08 bits per heavy atom. The lowest BCUT2D eigenvalue weighted by Gasteiger charge is -2.06. The van der Waals surface area contributed by atoms with Gasteiger partial charge in [-0.1, -0.05) is 24.3 Å². The summed E-state index contributed by atoms with van der Waals surface area (Å²) in [6, 6.07) is 11.8. The first kappa shape index (κ1) is 18.6. The molecule has 0 aliphatic rings. The summed E-state index contributed by atoms with van der Waals surface area (Å²) in [7, 11) is -3.47. The number of thiazole rings is 1. The first-order valence-corrected chi connectivity index (χ1v) is 10.6. The zero-order chi connectivity index (χ0) is 18.4. The Balaban J connectivity index is 1.50. The van der Waals surface area contributed by atoms with E-state index in [9.17, 15) is 12.8 Å². The SMILES string of the molecule is O=S(=O)(CCc1ccccc1F)NCCc1csc(-c2ccccn2)n1. The van der Waals surface area contributed by atoms with E-state index in [1.54, 1.807) is 24.4 Å². The van der Waals surface area contributed by atoms with Crippen molar-refractivity contribution >= 4 is 21.4 Å². The van der Waals surface area contributed by atoms with Crippen molar-refractivity contribution in [1.29, 1.82) is 0 Å². The number of rotatable bonds is 8. The van der Waals surface area contributed by atoms with Gasteiger partial charge in [-0.25, -0.2) is 22.5 Å². The Hall–Kier alpha value is -2.16. The lowest BCUT2D eigenvalue weighted by molar-refractivity contribution is 0.578. The van der Waals surface area contributed by atoms with Gasteiger partial charge in [-0.3, -0.25) is 4.98 Å². The predicted molar refractivity (Wildman–Crippen MR) is 101 cm³/mol. The van der Waals surface area contributed by atoms with Crippen molar-refractivity contribution < 1.29 is 12.8 Å². The molecule has 0 radical (unpaired) electrons. The van der Waals surface area contributed by atoms with Crippen LogP contribution >= 0.6 is 11.3 Å². The van der Waals surface area contributed by atoms with Gasteiger partial charge in [0.1, 0.15) is 10.8 Å². The summed E-state index contributed by atoms with van der Waals surface area (Å²) in [6.45, 7) is 0.255. The maximum absolute atomic E-state index is 13.6. The lowest BCUT2D eigenvalue weighted by atomic mass is 10.2. The minimum Gasteiger partial charge on any atom is -0.254 e. The van der Waals surface area contributed by atoms with Crippen molar-refractivity contribution in [3.8, 4) is 10.7 Å². The fourth-order valence-electron chi connectivity index (χ4n) is 2.38. The van der Waals surface area contributed by atoms with Crippen molar-refractivity contribution in [1.82, 2.24) is 14.7 Å². The maximum Gasteiger partial charge on any atom is 0.211 e. The summed E-state index contributed by atoms with van der Waals surface area (Å²) in [4.78, 5) is 8.72. The standard InChI is InChI=1S/C18H18FN3O2S2/c19-16-6-2-1-5-14(16)9-12-26(23,24)21-11-8-15-13-25-18(22-15)17-7-3-4-10-20-17/h1-7,10,13,21H,8-9,11-12H2. The number of hydrogen-bond donors (Lipinski definition) is 1. The van der Waals surface area contributed by atoms with Gasteiger partial charge in [-0.2, -0.15) is 0 Å². The first-order chi connectivity index (χ1) is 12.5. The molecule has 0 saturated carbocycles. The molecule has 3 aromatic rings. The lowest BCUT2D eigenvalue weighted by Crippen LogP contribution is -2.29. The largest absolute Gasteiger partial charge is 0.254 e. The molecule has 136 valence electrons. The molecule has 0 aliphatic heterocycles. The maximum atomic E-state index is 13.6. The normalized spacial score (nSPS) is 11.6. The minimum atomic E-state index is -3.47. The third-order valence-electron chi connectivity index (χ3n) is 3.74. The number of benzene rings is 1. The Labute approximate surface area is 156 Å². The third-order valence-corrected chi connectivity index (χ3v) is 6.04. The summed E-state index contributed by atoms with van der Waals surface area (Å²) < 4.78 is 40.2. The number of nitrogens with zero attached hydrogens (tertiary/aromatic N) is 2. The van der Waals surface area contributed by atoms with E-state index in [-0.39, 0.29) is 24.5 Å². The molecule has 0 amide bonds. The molecule has 0 saturated heterocycles. The highest BCUT2D eigenvalue weighted by Gasteiger charge is 2.12. The van der Waals surface area contributed by atoms with Crippen LogP contribution in [0.4, 0.5) is 4.39 Å². The van der Waals surface area contributed by atoms with Gasteiger partial charge in [0.2, 0.25) is 10.0 Å². The second-order valence-electron chi connectivity index (χ2n) is 5.66. The van der Waals surface area contributed by atoms with Crippen molar-refractivity contribution in [3.05, 3.63) is 71.1 Å². The monoisotopic (exact) mass is 391 g/mol. The highest BCUT2D eigenvalue weighted by atomic mass is 32.2. The van der Waals surface area contributed by atoms with Gasteiger partial charge in [0.15, 0.2) is 0 Å². The summed E-state index contributed by atoms with van der Waals surface area (Å²) in [5.41, 5.74) is 2.01. The number of aryl methyl sites for hydroxylation is 1. The number of hydrogen-bond acceptors (Lipinski definition) is 5. The van der Waals surface area contributed by atoms with Crippen LogP contribution in [0.3, 0.4) is 0 Å². The number of pyridine rings is 1. The molecule has 0 fully saturated rings. The quantitative estimate of drug-likeness (QED) is 0.641. The molecule has 0 atom stereocenters. The van der Waals surface area contributed by atoms with E-state index >= 15 is 0 Å². The highest BCUT2D eigenvalue weighted by Crippen LogP contribution is 2.21. The molecule has 8 heteroatoms. The van der Waals surface area contributed by atoms with Gasteiger partial charge in [0.25, 0.3) is 0 Å². The Bertz CT molecular complexity index is 959. The van der Waals surface area contributed by atoms with E-state index in [1.807, 2.05) is 23.6 Å². The number of aromatic nitrogens is 2. The Morgan fingerprint density at radius 2 is 1.88 bits per heavy atom. The zero-order valence-corrected chi connectivity index (χ0v) is 15.6. The molecular formula is C18H18FN3O2S2. The van der Waals surface area contributed by atoms with Gasteiger partial charge in [-0.15, -0.1) is 11.3 Å². The van der Waals surface area contributed by atoms with E-state index < -0.39 is 10.0 Å². The topological polar surface area (TPSA) is 72.0 Å². The van der Waals surface area contributed by atoms with Gasteiger partial charge >= 0.3 is 0 Å². The molecule has 2 heterocycles. The van der Waals surface area contributed by atoms with Crippen LogP contribution in [0.2, 0.25) is 0 Å². The molecule has 5 nitrogen and oxygen atoms in total. The van der Waals surface area contributed by atoms with Crippen LogP contribution in [0.5, 0.6) is 0 Å². The summed E-state index contributed by atoms with van der Waals surface area (Å²) in [5, 5.41) is 2.71. The molecule has 3 rings (SSSR count). The highest BCUT2D eigenvalue weighted by molar-refractivity contribution is 7.89. The van der Waals surface area contributed by atoms with Crippen LogP contribution in [0.1, 0.15) is 11.3 Å². The Kier molecular flexibility index (Phi) is 6.08. The zero-order valence-electron chi connectivity index (χ0n) is 13.9. The summed E-state index contributed by atoms with van der Waals surface area (Å²) in [5.74, 6) is -0.531. The number of sulfonamides is 1. The first-order valence-electron chi connectivity index (χ1n) is 8.10. The van der Waals surface area contributed by atoms with Crippen LogP contribution in [-0.4, -0.2) is 30.7 Å². The van der Waals surface area contributed by atoms with Crippen molar-refractivity contribution in [3.63, 3.8) is 0 Å². The van der Waals surface area contributed by atoms with E-state index in [2.05, 4.69) is 14.7 Å². The van der Waals surface area contributed by atoms with Gasteiger partial charge in [0, 0.05) is 24.5 Å². The van der Waals surface area contributed by atoms with Crippen molar-refractivity contribution in [2.24, 2.45) is 0 Å². The average molecular weight is 391 g/mol. The average Bonchev–Trinajstić information content (AvgIpc) is 3.11. The molecule has 26 heavy (non-hydrogen) atoms. The molecular weight excluding hydrogens is 373 g/mol. The van der Waals surface area contributed by atoms with E-state index in [1.165, 1.54) is 17.4 Å². The number of halogens is 1. The van der Waals surface area contributed by atoms with Crippen LogP contribution in [0, 0.1) is 5.82 Å². The fourth-order valence-corrected chi connectivity index (χ4v) is 4.26. The molecule has 1 N–H and O–H groups in total. The van der Waals surface area contributed by atoms with Gasteiger partial charge in [0.05, 0.1) is 17.1 Å². The van der Waals surface area contributed by atoms with Crippen LogP contribution in [0.25, 0.3) is 10.7 Å². The van der Waals surface area contributed by atoms with Crippen LogP contribution in [0.15, 0.2) is 54.0 Å². The third kappa shape index (κ3) is 5.17. The summed E-state index contributed by atoms with van der Waals surface area (Å²) in [6.07, 6.45) is 2.34. The van der Waals surface area contributed by atoms with Crippen LogP contribution < -0.4 is 4.72 Å². The van der Waals surface area contributed by atoms with Crippen LogP contribution in [-0.2, 0) is 22.9 Å². The number of nitrogens with one attached hydrogen (secondary N) is 1. The molecule has 1 aromatic carbocycles. The van der Waals surface area contributed by atoms with Crippen molar-refractivity contribution in [2.45, 2.75) is 12.8 Å². The van der Waals surface area contributed by atoms with Gasteiger partial charge < -0.3 is 0 Å². The molecule has 0 unspecified atom stereocenters. The van der Waals surface area contributed by atoms with E-state index in [0.29, 0.717) is 12.0 Å². The van der Waals surface area contributed by atoms with Gasteiger partial charge in [-0.05, 0) is 30.2 Å².